The number of benzene rings is 1. The normalized spacial score (nSPS) is 14.7. The summed E-state index contributed by atoms with van der Waals surface area (Å²) in [6, 6.07) is 5.25. The Bertz CT molecular complexity index is 1000. The van der Waals surface area contributed by atoms with Crippen LogP contribution in [0.2, 0.25) is 0 Å². The van der Waals surface area contributed by atoms with Gasteiger partial charge in [0.2, 0.25) is 10.0 Å². The van der Waals surface area contributed by atoms with Gasteiger partial charge in [0.15, 0.2) is 5.16 Å². The molecule has 1 saturated heterocycles. The first-order chi connectivity index (χ1) is 14.9. The standard InChI is InChI=1S/C21H32N4O4S2/c1-4-7-12-25-19-10-9-17(31(27,28)24(5-2)6-3)16-18(19)22-20(25)30-15-8-11-23-13-14-29-21(23)26/h9-10,16H,4-8,11-15H2,1-3H3. The molecule has 3 rings (SSSR count). The molecule has 2 aromatic rings. The number of nitrogens with zero attached hydrogens (tertiary/aromatic N) is 4. The third-order valence-electron chi connectivity index (χ3n) is 5.41. The Morgan fingerprint density at radius 2 is 1.94 bits per heavy atom. The van der Waals surface area contributed by atoms with E-state index in [1.54, 1.807) is 28.8 Å². The van der Waals surface area contributed by atoms with Crippen LogP contribution in [0.25, 0.3) is 11.0 Å². The minimum absolute atomic E-state index is 0.234. The fourth-order valence-electron chi connectivity index (χ4n) is 3.65. The van der Waals surface area contributed by atoms with E-state index < -0.39 is 10.0 Å². The van der Waals surface area contributed by atoms with Gasteiger partial charge in [-0.3, -0.25) is 0 Å². The topological polar surface area (TPSA) is 84.7 Å². The van der Waals surface area contributed by atoms with E-state index in [2.05, 4.69) is 11.5 Å². The number of unbranched alkanes of at least 4 members (excludes halogenated alkanes) is 1. The maximum Gasteiger partial charge on any atom is 0.409 e. The number of thioether (sulfide) groups is 1. The number of rotatable bonds is 12. The lowest BCUT2D eigenvalue weighted by molar-refractivity contribution is 0.158. The molecule has 8 nitrogen and oxygen atoms in total. The molecule has 2 heterocycles. The van der Waals surface area contributed by atoms with Crippen LogP contribution in [-0.2, 0) is 21.3 Å². The van der Waals surface area contributed by atoms with Gasteiger partial charge >= 0.3 is 6.09 Å². The lowest BCUT2D eigenvalue weighted by atomic mass is 10.3. The van der Waals surface area contributed by atoms with Crippen molar-refractivity contribution < 1.29 is 17.9 Å². The Morgan fingerprint density at radius 3 is 2.58 bits per heavy atom. The van der Waals surface area contributed by atoms with Crippen molar-refractivity contribution in [1.29, 1.82) is 0 Å². The average Bonchev–Trinajstić information content (AvgIpc) is 3.32. The Hall–Kier alpha value is -1.78. The van der Waals surface area contributed by atoms with Crippen molar-refractivity contribution in [2.45, 2.75) is 56.6 Å². The van der Waals surface area contributed by atoms with E-state index in [0.29, 0.717) is 38.3 Å². The molecule has 0 bridgehead atoms. The quantitative estimate of drug-likeness (QED) is 0.348. The Morgan fingerprint density at radius 1 is 1.16 bits per heavy atom. The van der Waals surface area contributed by atoms with Crippen molar-refractivity contribution in [2.75, 3.05) is 38.5 Å². The molecular weight excluding hydrogens is 436 g/mol. The van der Waals surface area contributed by atoms with E-state index in [1.807, 2.05) is 19.9 Å². The maximum atomic E-state index is 12.9. The summed E-state index contributed by atoms with van der Waals surface area (Å²) in [6.07, 6.45) is 2.70. The second-order valence-corrected chi connectivity index (χ2v) is 10.4. The number of sulfonamides is 1. The maximum absolute atomic E-state index is 12.9. The summed E-state index contributed by atoms with van der Waals surface area (Å²) < 4.78 is 34.4. The second-order valence-electron chi connectivity index (χ2n) is 7.44. The predicted octanol–water partition coefficient (Wildman–Crippen LogP) is 3.80. The highest BCUT2D eigenvalue weighted by Crippen LogP contribution is 2.28. The smallest absolute Gasteiger partial charge is 0.409 e. The Kier molecular flexibility index (Phi) is 8.23. The lowest BCUT2D eigenvalue weighted by Crippen LogP contribution is -2.30. The zero-order valence-electron chi connectivity index (χ0n) is 18.5. The van der Waals surface area contributed by atoms with Crippen molar-refractivity contribution in [3.63, 3.8) is 0 Å². The van der Waals surface area contributed by atoms with Crippen molar-refractivity contribution in [3.8, 4) is 0 Å². The molecule has 31 heavy (non-hydrogen) atoms. The average molecular weight is 469 g/mol. The van der Waals surface area contributed by atoms with Crippen LogP contribution in [0.3, 0.4) is 0 Å². The van der Waals surface area contributed by atoms with Crippen molar-refractivity contribution in [3.05, 3.63) is 18.2 Å². The minimum Gasteiger partial charge on any atom is -0.448 e. The number of fused-ring (bicyclic) bond motifs is 1. The summed E-state index contributed by atoms with van der Waals surface area (Å²) in [7, 11) is -3.52. The summed E-state index contributed by atoms with van der Waals surface area (Å²) in [5.74, 6) is 0.823. The monoisotopic (exact) mass is 468 g/mol. The SMILES string of the molecule is CCCCn1c(SCCCN2CCOC2=O)nc2cc(S(=O)(=O)N(CC)CC)ccc21. The molecule has 0 radical (unpaired) electrons. The molecule has 172 valence electrons. The number of amides is 1. The van der Waals surface area contributed by atoms with Crippen LogP contribution in [0.1, 0.15) is 40.0 Å². The highest BCUT2D eigenvalue weighted by molar-refractivity contribution is 7.99. The predicted molar refractivity (Wildman–Crippen MR) is 123 cm³/mol. The van der Waals surface area contributed by atoms with Gasteiger partial charge < -0.3 is 14.2 Å². The molecule has 1 aliphatic rings. The molecular formula is C21H32N4O4S2. The fourth-order valence-corrected chi connectivity index (χ4v) is 6.09. The van der Waals surface area contributed by atoms with Gasteiger partial charge in [0.1, 0.15) is 6.61 Å². The highest BCUT2D eigenvalue weighted by Gasteiger charge is 2.24. The summed E-state index contributed by atoms with van der Waals surface area (Å²) in [4.78, 5) is 18.3. The van der Waals surface area contributed by atoms with Gasteiger partial charge in [-0.15, -0.1) is 0 Å². The van der Waals surface area contributed by atoms with Crippen LogP contribution in [0.4, 0.5) is 4.79 Å². The summed E-state index contributed by atoms with van der Waals surface area (Å²) >= 11 is 1.65. The lowest BCUT2D eigenvalue weighted by Gasteiger charge is -2.18. The first kappa shape index (κ1) is 23.9. The molecule has 0 unspecified atom stereocenters. The first-order valence-corrected chi connectivity index (χ1v) is 13.4. The minimum atomic E-state index is -3.52. The van der Waals surface area contributed by atoms with Gasteiger partial charge in [-0.2, -0.15) is 4.31 Å². The van der Waals surface area contributed by atoms with E-state index in [9.17, 15) is 13.2 Å². The van der Waals surface area contributed by atoms with Crippen molar-refractivity contribution in [1.82, 2.24) is 18.8 Å². The molecule has 0 aliphatic carbocycles. The van der Waals surface area contributed by atoms with Crippen LogP contribution in [0.15, 0.2) is 28.3 Å². The zero-order chi connectivity index (χ0) is 22.4. The van der Waals surface area contributed by atoms with E-state index in [-0.39, 0.29) is 11.0 Å². The molecule has 1 fully saturated rings. The van der Waals surface area contributed by atoms with Gasteiger partial charge in [0.05, 0.1) is 22.5 Å². The third kappa shape index (κ3) is 5.35. The molecule has 1 aromatic carbocycles. The second kappa shape index (κ2) is 10.7. The van der Waals surface area contributed by atoms with E-state index >= 15 is 0 Å². The van der Waals surface area contributed by atoms with Crippen molar-refractivity contribution >= 4 is 38.9 Å². The molecule has 10 heteroatoms. The number of hydrogen-bond donors (Lipinski definition) is 0. The summed E-state index contributed by atoms with van der Waals surface area (Å²) in [5.41, 5.74) is 1.66. The first-order valence-electron chi connectivity index (χ1n) is 11.0. The van der Waals surface area contributed by atoms with Crippen LogP contribution < -0.4 is 0 Å². The molecule has 1 amide bonds. The van der Waals surface area contributed by atoms with Gasteiger partial charge in [-0.25, -0.2) is 18.2 Å². The molecule has 0 saturated carbocycles. The number of carbonyl (C=O) groups is 1. The van der Waals surface area contributed by atoms with Crippen LogP contribution in [0.5, 0.6) is 0 Å². The molecule has 0 N–H and O–H groups in total. The van der Waals surface area contributed by atoms with Gasteiger partial charge in [-0.1, -0.05) is 39.0 Å². The number of aromatic nitrogens is 2. The van der Waals surface area contributed by atoms with E-state index in [0.717, 1.165) is 42.2 Å². The Balaban J connectivity index is 1.80. The highest BCUT2D eigenvalue weighted by atomic mass is 32.2. The number of aryl methyl sites for hydroxylation is 1. The molecule has 1 aromatic heterocycles. The van der Waals surface area contributed by atoms with Gasteiger partial charge in [-0.05, 0) is 31.0 Å². The van der Waals surface area contributed by atoms with E-state index in [4.69, 9.17) is 9.72 Å². The van der Waals surface area contributed by atoms with Crippen molar-refractivity contribution in [2.24, 2.45) is 0 Å². The molecule has 1 aliphatic heterocycles. The largest absolute Gasteiger partial charge is 0.448 e. The van der Waals surface area contributed by atoms with E-state index in [1.165, 1.54) is 4.31 Å². The molecule has 0 atom stereocenters. The van der Waals surface area contributed by atoms with Crippen LogP contribution in [0, 0.1) is 0 Å². The number of cyclic esters (lactones) is 1. The summed E-state index contributed by atoms with van der Waals surface area (Å²) in [5, 5.41) is 0.893. The number of carbonyl (C=O) groups excluding carboxylic acids is 1. The number of ether oxygens (including phenoxy) is 1. The van der Waals surface area contributed by atoms with Gasteiger partial charge in [0, 0.05) is 31.9 Å². The molecule has 0 spiro atoms. The van der Waals surface area contributed by atoms with Crippen LogP contribution >= 0.6 is 11.8 Å². The number of imidazole rings is 1. The number of hydrogen-bond acceptors (Lipinski definition) is 6. The fraction of sp³-hybridized carbons (Fsp3) is 0.619. The van der Waals surface area contributed by atoms with Crippen LogP contribution in [-0.4, -0.2) is 71.8 Å². The Labute approximate surface area is 189 Å². The zero-order valence-corrected chi connectivity index (χ0v) is 20.2. The van der Waals surface area contributed by atoms with Gasteiger partial charge in [0.25, 0.3) is 0 Å². The third-order valence-corrected chi connectivity index (χ3v) is 8.52. The summed E-state index contributed by atoms with van der Waals surface area (Å²) in [6.45, 7) is 9.35.